The first kappa shape index (κ1) is 22.9. The lowest BCUT2D eigenvalue weighted by Crippen LogP contribution is -2.42. The second kappa shape index (κ2) is 11.6. The number of nitrogens with zero attached hydrogens (tertiary/aromatic N) is 3. The minimum atomic E-state index is -0.153. The van der Waals surface area contributed by atoms with Gasteiger partial charge in [-0.15, -0.1) is 24.0 Å². The lowest BCUT2D eigenvalue weighted by molar-refractivity contribution is -0.115. The molecule has 1 amide bonds. The summed E-state index contributed by atoms with van der Waals surface area (Å²) < 4.78 is 0. The van der Waals surface area contributed by atoms with Gasteiger partial charge in [-0.05, 0) is 49.6 Å². The molecule has 7 nitrogen and oxygen atoms in total. The maximum absolute atomic E-state index is 12.1. The van der Waals surface area contributed by atoms with Gasteiger partial charge in [-0.1, -0.05) is 12.1 Å². The van der Waals surface area contributed by atoms with Crippen LogP contribution in [0.1, 0.15) is 31.4 Å². The molecule has 1 unspecified atom stereocenters. The number of rotatable bonds is 6. The summed E-state index contributed by atoms with van der Waals surface area (Å²) in [6, 6.07) is 12.2. The topological polar surface area (TPSA) is 81.6 Å². The fraction of sp³-hybridized carbons (Fsp3) is 0.381. The number of benzene rings is 1. The molecule has 1 saturated heterocycles. The molecule has 29 heavy (non-hydrogen) atoms. The Kier molecular flexibility index (Phi) is 9.17. The standard InChI is InChI=1S/C21H28N6O.HI/c1-16(17-7-5-9-19(13-17)27-11-3-4-12-27)25-21(22-2)24-15-20(28)26-18-8-6-10-23-14-18;/h5-10,13-14,16H,3-4,11-12,15H2,1-2H3,(H,26,28)(H2,22,24,25);1H. The molecule has 8 heteroatoms. The van der Waals surface area contributed by atoms with Crippen molar-refractivity contribution in [2.24, 2.45) is 4.99 Å². The van der Waals surface area contributed by atoms with Crippen LogP contribution in [0.25, 0.3) is 0 Å². The molecule has 1 aromatic carbocycles. The Morgan fingerprint density at radius 3 is 2.72 bits per heavy atom. The third-order valence-corrected chi connectivity index (χ3v) is 4.78. The number of aromatic nitrogens is 1. The van der Waals surface area contributed by atoms with Crippen molar-refractivity contribution in [3.05, 3.63) is 54.4 Å². The number of hydrogen-bond acceptors (Lipinski definition) is 4. The number of hydrogen-bond donors (Lipinski definition) is 3. The van der Waals surface area contributed by atoms with Gasteiger partial charge in [0.15, 0.2) is 5.96 Å². The Bertz CT molecular complexity index is 808. The summed E-state index contributed by atoms with van der Waals surface area (Å²) in [5, 5.41) is 9.20. The molecule has 1 aliphatic rings. The van der Waals surface area contributed by atoms with Crippen molar-refractivity contribution < 1.29 is 4.79 Å². The number of nitrogens with one attached hydrogen (secondary N) is 3. The van der Waals surface area contributed by atoms with Crippen LogP contribution in [0.5, 0.6) is 0 Å². The molecule has 2 heterocycles. The summed E-state index contributed by atoms with van der Waals surface area (Å²) in [6.07, 6.45) is 5.80. The summed E-state index contributed by atoms with van der Waals surface area (Å²) >= 11 is 0. The van der Waals surface area contributed by atoms with Gasteiger partial charge in [0.1, 0.15) is 0 Å². The molecule has 0 radical (unpaired) electrons. The average Bonchev–Trinajstić information content (AvgIpc) is 3.27. The van der Waals surface area contributed by atoms with Crippen LogP contribution >= 0.6 is 24.0 Å². The first-order valence-electron chi connectivity index (χ1n) is 9.67. The number of guanidine groups is 1. The first-order valence-corrected chi connectivity index (χ1v) is 9.67. The highest BCUT2D eigenvalue weighted by atomic mass is 127. The van der Waals surface area contributed by atoms with Crippen molar-refractivity contribution in [1.82, 2.24) is 15.6 Å². The molecule has 2 aromatic rings. The molecule has 1 fully saturated rings. The number of carbonyl (C=O) groups is 1. The molecule has 1 aromatic heterocycles. The fourth-order valence-electron chi connectivity index (χ4n) is 3.26. The van der Waals surface area contributed by atoms with E-state index in [4.69, 9.17) is 0 Å². The van der Waals surface area contributed by atoms with Crippen molar-refractivity contribution in [3.8, 4) is 0 Å². The van der Waals surface area contributed by atoms with Gasteiger partial charge in [-0.25, -0.2) is 0 Å². The quantitative estimate of drug-likeness (QED) is 0.318. The van der Waals surface area contributed by atoms with Crippen molar-refractivity contribution in [3.63, 3.8) is 0 Å². The Balaban J connectivity index is 0.00000300. The minimum Gasteiger partial charge on any atom is -0.372 e. The van der Waals surface area contributed by atoms with Crippen LogP contribution < -0.4 is 20.9 Å². The smallest absolute Gasteiger partial charge is 0.243 e. The van der Waals surface area contributed by atoms with E-state index in [9.17, 15) is 4.79 Å². The first-order chi connectivity index (χ1) is 13.7. The second-order valence-electron chi connectivity index (χ2n) is 6.87. The van der Waals surface area contributed by atoms with E-state index in [0.717, 1.165) is 13.1 Å². The van der Waals surface area contributed by atoms with Gasteiger partial charge in [0, 0.05) is 32.0 Å². The van der Waals surface area contributed by atoms with Gasteiger partial charge in [0.05, 0.1) is 24.5 Å². The predicted octanol–water partition coefficient (Wildman–Crippen LogP) is 3.16. The predicted molar refractivity (Wildman–Crippen MR) is 129 cm³/mol. The van der Waals surface area contributed by atoms with E-state index in [2.05, 4.69) is 62.0 Å². The number of halogens is 1. The third-order valence-electron chi connectivity index (χ3n) is 4.78. The zero-order chi connectivity index (χ0) is 19.8. The number of anilines is 2. The normalized spacial score (nSPS) is 14.7. The number of aliphatic imine (C=N–C) groups is 1. The summed E-state index contributed by atoms with van der Waals surface area (Å²) in [4.78, 5) is 22.7. The Morgan fingerprint density at radius 1 is 1.24 bits per heavy atom. The van der Waals surface area contributed by atoms with Gasteiger partial charge in [-0.3, -0.25) is 14.8 Å². The van der Waals surface area contributed by atoms with Gasteiger partial charge in [0.2, 0.25) is 5.91 Å². The van der Waals surface area contributed by atoms with Crippen LogP contribution in [0, 0.1) is 0 Å². The summed E-state index contributed by atoms with van der Waals surface area (Å²) in [5.41, 5.74) is 3.12. The summed E-state index contributed by atoms with van der Waals surface area (Å²) in [5.74, 6) is 0.431. The molecular formula is C21H29IN6O. The number of pyridine rings is 1. The monoisotopic (exact) mass is 508 g/mol. The van der Waals surface area contributed by atoms with E-state index in [1.165, 1.54) is 24.1 Å². The molecule has 3 N–H and O–H groups in total. The SMILES string of the molecule is CN=C(NCC(=O)Nc1cccnc1)NC(C)c1cccc(N2CCCC2)c1.I. The van der Waals surface area contributed by atoms with Crippen LogP contribution in [0.2, 0.25) is 0 Å². The van der Waals surface area contributed by atoms with E-state index >= 15 is 0 Å². The molecule has 1 aliphatic heterocycles. The lowest BCUT2D eigenvalue weighted by atomic mass is 10.1. The van der Waals surface area contributed by atoms with E-state index < -0.39 is 0 Å². The summed E-state index contributed by atoms with van der Waals surface area (Å²) in [6.45, 7) is 4.46. The molecule has 0 spiro atoms. The van der Waals surface area contributed by atoms with E-state index in [1.807, 2.05) is 0 Å². The highest BCUT2D eigenvalue weighted by molar-refractivity contribution is 14.0. The lowest BCUT2D eigenvalue weighted by Gasteiger charge is -2.22. The molecule has 0 bridgehead atoms. The number of amides is 1. The van der Waals surface area contributed by atoms with Crippen LogP contribution in [-0.2, 0) is 4.79 Å². The molecule has 0 aliphatic carbocycles. The van der Waals surface area contributed by atoms with E-state index in [0.29, 0.717) is 11.6 Å². The zero-order valence-corrected chi connectivity index (χ0v) is 19.2. The van der Waals surface area contributed by atoms with Gasteiger partial charge in [0.25, 0.3) is 0 Å². The van der Waals surface area contributed by atoms with Crippen LogP contribution in [0.3, 0.4) is 0 Å². The number of carbonyl (C=O) groups excluding carboxylic acids is 1. The zero-order valence-electron chi connectivity index (χ0n) is 16.9. The third kappa shape index (κ3) is 6.88. The van der Waals surface area contributed by atoms with Crippen LogP contribution in [0.4, 0.5) is 11.4 Å². The maximum atomic E-state index is 12.1. The van der Waals surface area contributed by atoms with Crippen LogP contribution in [0.15, 0.2) is 53.8 Å². The Labute approximate surface area is 189 Å². The maximum Gasteiger partial charge on any atom is 0.243 e. The van der Waals surface area contributed by atoms with Crippen molar-refractivity contribution >= 4 is 47.2 Å². The Hall–Kier alpha value is -2.36. The minimum absolute atomic E-state index is 0. The molecule has 156 valence electrons. The molecule has 1 atom stereocenters. The highest BCUT2D eigenvalue weighted by Gasteiger charge is 2.14. The molecular weight excluding hydrogens is 479 g/mol. The van der Waals surface area contributed by atoms with E-state index in [1.54, 1.807) is 31.6 Å². The Morgan fingerprint density at radius 2 is 2.03 bits per heavy atom. The van der Waals surface area contributed by atoms with E-state index in [-0.39, 0.29) is 42.5 Å². The summed E-state index contributed by atoms with van der Waals surface area (Å²) in [7, 11) is 1.70. The average molecular weight is 508 g/mol. The second-order valence-corrected chi connectivity index (χ2v) is 6.87. The van der Waals surface area contributed by atoms with Crippen molar-refractivity contribution in [2.75, 3.05) is 36.9 Å². The molecule has 3 rings (SSSR count). The van der Waals surface area contributed by atoms with Crippen LogP contribution in [-0.4, -0.2) is 43.5 Å². The molecule has 0 saturated carbocycles. The highest BCUT2D eigenvalue weighted by Crippen LogP contribution is 2.23. The van der Waals surface area contributed by atoms with Crippen molar-refractivity contribution in [2.45, 2.75) is 25.8 Å². The largest absolute Gasteiger partial charge is 0.372 e. The van der Waals surface area contributed by atoms with Gasteiger partial charge in [-0.2, -0.15) is 0 Å². The van der Waals surface area contributed by atoms with Gasteiger partial charge >= 0.3 is 0 Å². The van der Waals surface area contributed by atoms with Crippen molar-refractivity contribution in [1.29, 1.82) is 0 Å². The fourth-order valence-corrected chi connectivity index (χ4v) is 3.26. The van der Waals surface area contributed by atoms with Gasteiger partial charge < -0.3 is 20.9 Å².